The minimum atomic E-state index is -0.689. The molecule has 1 N–H and O–H groups in total. The van der Waals surface area contributed by atoms with Gasteiger partial charge in [0.15, 0.2) is 0 Å². The van der Waals surface area contributed by atoms with E-state index < -0.39 is 17.5 Å². The number of aromatic amines is 1. The summed E-state index contributed by atoms with van der Waals surface area (Å²) in [5, 5.41) is 6.29. The molecular formula is C12H12F2N4O. The van der Waals surface area contributed by atoms with Crippen LogP contribution in [-0.4, -0.2) is 33.0 Å². The van der Waals surface area contributed by atoms with Crippen molar-refractivity contribution in [2.75, 3.05) is 7.05 Å². The van der Waals surface area contributed by atoms with Crippen LogP contribution in [0.25, 0.3) is 0 Å². The van der Waals surface area contributed by atoms with Gasteiger partial charge < -0.3 is 4.90 Å². The number of hydrogen-bond acceptors (Lipinski definition) is 3. The highest BCUT2D eigenvalue weighted by molar-refractivity contribution is 5.90. The Morgan fingerprint density at radius 3 is 2.74 bits per heavy atom. The van der Waals surface area contributed by atoms with Crippen molar-refractivity contribution in [1.82, 2.24) is 20.1 Å². The van der Waals surface area contributed by atoms with Gasteiger partial charge in [-0.05, 0) is 13.0 Å². The summed E-state index contributed by atoms with van der Waals surface area (Å²) in [5.74, 6) is -1.24. The Bertz CT molecular complexity index is 612. The number of benzene rings is 1. The van der Waals surface area contributed by atoms with Crippen LogP contribution in [0.1, 0.15) is 22.0 Å². The Morgan fingerprint density at radius 1 is 1.42 bits per heavy atom. The van der Waals surface area contributed by atoms with E-state index in [1.807, 2.05) is 0 Å². The van der Waals surface area contributed by atoms with E-state index in [1.165, 1.54) is 18.0 Å². The second-order valence-corrected chi connectivity index (χ2v) is 4.14. The van der Waals surface area contributed by atoms with Gasteiger partial charge in [0.1, 0.15) is 17.5 Å². The predicted molar refractivity (Wildman–Crippen MR) is 63.3 cm³/mol. The molecule has 0 fully saturated rings. The summed E-state index contributed by atoms with van der Waals surface area (Å²) in [7, 11) is 1.50. The molecule has 0 atom stereocenters. The van der Waals surface area contributed by atoms with Crippen molar-refractivity contribution < 1.29 is 13.6 Å². The van der Waals surface area contributed by atoms with E-state index in [2.05, 4.69) is 15.2 Å². The molecular weight excluding hydrogens is 254 g/mol. The SMILES string of the molecule is Cc1nc(C(=O)N(C)Cc2ccc(F)cc2F)n[nH]1. The van der Waals surface area contributed by atoms with E-state index in [1.54, 1.807) is 6.92 Å². The van der Waals surface area contributed by atoms with Gasteiger partial charge in [-0.2, -0.15) is 0 Å². The summed E-state index contributed by atoms with van der Waals surface area (Å²) >= 11 is 0. The molecule has 0 aliphatic rings. The summed E-state index contributed by atoms with van der Waals surface area (Å²) < 4.78 is 26.2. The van der Waals surface area contributed by atoms with E-state index in [9.17, 15) is 13.6 Å². The van der Waals surface area contributed by atoms with Crippen molar-refractivity contribution in [2.45, 2.75) is 13.5 Å². The number of amides is 1. The number of nitrogens with one attached hydrogen (secondary N) is 1. The van der Waals surface area contributed by atoms with Gasteiger partial charge in [0, 0.05) is 25.2 Å². The predicted octanol–water partition coefficient (Wildman–Crippen LogP) is 1.66. The molecule has 5 nitrogen and oxygen atoms in total. The topological polar surface area (TPSA) is 61.9 Å². The van der Waals surface area contributed by atoms with Crippen molar-refractivity contribution in [3.63, 3.8) is 0 Å². The standard InChI is InChI=1S/C12H12F2N4O/c1-7-15-11(17-16-7)12(19)18(2)6-8-3-4-9(13)5-10(8)14/h3-5H,6H2,1-2H3,(H,15,16,17). The van der Waals surface area contributed by atoms with Crippen molar-refractivity contribution in [3.05, 3.63) is 47.0 Å². The highest BCUT2D eigenvalue weighted by Gasteiger charge is 2.17. The Hall–Kier alpha value is -2.31. The third-order valence-electron chi connectivity index (χ3n) is 2.56. The van der Waals surface area contributed by atoms with Crippen LogP contribution in [0, 0.1) is 18.6 Å². The van der Waals surface area contributed by atoms with Crippen LogP contribution < -0.4 is 0 Å². The summed E-state index contributed by atoms with van der Waals surface area (Å²) in [5.41, 5.74) is 0.226. The van der Waals surface area contributed by atoms with Crippen LogP contribution in [0.5, 0.6) is 0 Å². The normalized spacial score (nSPS) is 10.5. The van der Waals surface area contributed by atoms with Crippen molar-refractivity contribution in [1.29, 1.82) is 0 Å². The lowest BCUT2D eigenvalue weighted by atomic mass is 10.2. The molecule has 1 heterocycles. The van der Waals surface area contributed by atoms with E-state index in [0.29, 0.717) is 5.82 Å². The van der Waals surface area contributed by atoms with Gasteiger partial charge in [0.25, 0.3) is 5.91 Å². The van der Waals surface area contributed by atoms with Crippen LogP contribution in [0.4, 0.5) is 8.78 Å². The maximum Gasteiger partial charge on any atom is 0.293 e. The van der Waals surface area contributed by atoms with Crippen LogP contribution in [-0.2, 0) is 6.54 Å². The first-order valence-corrected chi connectivity index (χ1v) is 5.56. The van der Waals surface area contributed by atoms with Gasteiger partial charge in [-0.1, -0.05) is 6.07 Å². The maximum atomic E-state index is 13.5. The lowest BCUT2D eigenvalue weighted by Crippen LogP contribution is -2.27. The number of halogens is 2. The van der Waals surface area contributed by atoms with Gasteiger partial charge in [-0.3, -0.25) is 9.89 Å². The smallest absolute Gasteiger partial charge is 0.293 e. The maximum absolute atomic E-state index is 13.5. The average Bonchev–Trinajstić information content (AvgIpc) is 2.78. The molecule has 1 amide bonds. The zero-order chi connectivity index (χ0) is 14.0. The summed E-state index contributed by atoms with van der Waals surface area (Å²) in [6, 6.07) is 3.23. The Kier molecular flexibility index (Phi) is 3.55. The molecule has 2 aromatic rings. The second kappa shape index (κ2) is 5.13. The quantitative estimate of drug-likeness (QED) is 0.919. The number of aromatic nitrogens is 3. The Morgan fingerprint density at radius 2 is 2.16 bits per heavy atom. The first-order valence-electron chi connectivity index (χ1n) is 5.56. The first-order chi connectivity index (χ1) is 8.97. The Balaban J connectivity index is 2.12. The molecule has 7 heteroatoms. The monoisotopic (exact) mass is 266 g/mol. The third kappa shape index (κ3) is 2.93. The lowest BCUT2D eigenvalue weighted by Gasteiger charge is -2.15. The van der Waals surface area contributed by atoms with E-state index >= 15 is 0 Å². The first kappa shape index (κ1) is 13.1. The zero-order valence-electron chi connectivity index (χ0n) is 10.4. The van der Waals surface area contributed by atoms with E-state index in [-0.39, 0.29) is 17.9 Å². The highest BCUT2D eigenvalue weighted by atomic mass is 19.1. The van der Waals surface area contributed by atoms with E-state index in [0.717, 1.165) is 12.1 Å². The van der Waals surface area contributed by atoms with Gasteiger partial charge in [-0.15, -0.1) is 5.10 Å². The number of carbonyl (C=O) groups is 1. The number of H-pyrrole nitrogens is 1. The lowest BCUT2D eigenvalue weighted by molar-refractivity contribution is 0.0772. The van der Waals surface area contributed by atoms with Gasteiger partial charge in [0.05, 0.1) is 0 Å². The fraction of sp³-hybridized carbons (Fsp3) is 0.250. The number of rotatable bonds is 3. The van der Waals surface area contributed by atoms with Gasteiger partial charge in [-0.25, -0.2) is 13.8 Å². The molecule has 1 aromatic heterocycles. The van der Waals surface area contributed by atoms with E-state index in [4.69, 9.17) is 0 Å². The molecule has 0 aliphatic carbocycles. The fourth-order valence-electron chi connectivity index (χ4n) is 1.59. The molecule has 0 radical (unpaired) electrons. The molecule has 19 heavy (non-hydrogen) atoms. The van der Waals surface area contributed by atoms with Crippen molar-refractivity contribution >= 4 is 5.91 Å². The molecule has 0 unspecified atom stereocenters. The summed E-state index contributed by atoms with van der Waals surface area (Å²) in [4.78, 5) is 17.1. The Labute approximate surface area is 108 Å². The average molecular weight is 266 g/mol. The summed E-state index contributed by atoms with van der Waals surface area (Å²) in [6.07, 6.45) is 0. The van der Waals surface area contributed by atoms with Crippen molar-refractivity contribution in [3.8, 4) is 0 Å². The molecule has 0 aliphatic heterocycles. The number of nitrogens with zero attached hydrogens (tertiary/aromatic N) is 3. The molecule has 0 saturated carbocycles. The molecule has 0 bridgehead atoms. The number of aryl methyl sites for hydroxylation is 1. The minimum Gasteiger partial charge on any atom is -0.334 e. The van der Waals surface area contributed by atoms with Crippen LogP contribution in [0.15, 0.2) is 18.2 Å². The summed E-state index contributed by atoms with van der Waals surface area (Å²) in [6.45, 7) is 1.68. The molecule has 1 aromatic carbocycles. The molecule has 2 rings (SSSR count). The van der Waals surface area contributed by atoms with Gasteiger partial charge in [0.2, 0.25) is 5.82 Å². The second-order valence-electron chi connectivity index (χ2n) is 4.14. The van der Waals surface area contributed by atoms with Crippen LogP contribution in [0.3, 0.4) is 0 Å². The molecule has 100 valence electrons. The minimum absolute atomic E-state index is 0.0124. The number of carbonyl (C=O) groups excluding carboxylic acids is 1. The van der Waals surface area contributed by atoms with Crippen LogP contribution >= 0.6 is 0 Å². The third-order valence-corrected chi connectivity index (χ3v) is 2.56. The largest absolute Gasteiger partial charge is 0.334 e. The van der Waals surface area contributed by atoms with Gasteiger partial charge >= 0.3 is 0 Å². The molecule has 0 saturated heterocycles. The number of hydrogen-bond donors (Lipinski definition) is 1. The van der Waals surface area contributed by atoms with Crippen LogP contribution in [0.2, 0.25) is 0 Å². The zero-order valence-corrected chi connectivity index (χ0v) is 10.4. The molecule has 0 spiro atoms. The fourth-order valence-corrected chi connectivity index (χ4v) is 1.59. The van der Waals surface area contributed by atoms with Crippen molar-refractivity contribution in [2.24, 2.45) is 0 Å². The highest BCUT2D eigenvalue weighted by Crippen LogP contribution is 2.12.